The van der Waals surface area contributed by atoms with Gasteiger partial charge in [-0.3, -0.25) is 0 Å². The highest BCUT2D eigenvalue weighted by Crippen LogP contribution is 2.21. The van der Waals surface area contributed by atoms with Crippen molar-refractivity contribution in [1.82, 2.24) is 14.9 Å². The molecule has 0 radical (unpaired) electrons. The monoisotopic (exact) mass is 279 g/mol. The van der Waals surface area contributed by atoms with Gasteiger partial charge in [0, 0.05) is 35.5 Å². The third-order valence-electron chi connectivity index (χ3n) is 2.40. The number of rotatable bonds is 4. The lowest BCUT2D eigenvalue weighted by Crippen LogP contribution is -2.15. The maximum atomic E-state index is 4.39. The van der Waals surface area contributed by atoms with Gasteiger partial charge >= 0.3 is 0 Å². The number of nitrogens with one attached hydrogen (secondary N) is 1. The first-order valence-electron chi connectivity index (χ1n) is 5.23. The molecule has 1 heterocycles. The number of hydrogen-bond donors (Lipinski definition) is 1. The minimum Gasteiger partial charge on any atom is -0.330 e. The molecule has 1 aromatic heterocycles. The van der Waals surface area contributed by atoms with E-state index in [1.165, 1.54) is 0 Å². The number of hydrogen-bond acceptors (Lipinski definition) is 2. The third-order valence-corrected chi connectivity index (χ3v) is 2.89. The molecule has 16 heavy (non-hydrogen) atoms. The van der Waals surface area contributed by atoms with E-state index in [4.69, 9.17) is 0 Å². The third kappa shape index (κ3) is 2.51. The molecular weight excluding hydrogens is 266 g/mol. The van der Waals surface area contributed by atoms with E-state index < -0.39 is 0 Å². The molecule has 0 aliphatic rings. The van der Waals surface area contributed by atoms with Crippen LogP contribution in [0.1, 0.15) is 0 Å². The molecule has 0 atom stereocenters. The highest BCUT2D eigenvalue weighted by Gasteiger charge is 2.05. The van der Waals surface area contributed by atoms with Crippen LogP contribution in [0.15, 0.2) is 41.1 Å². The molecule has 0 unspecified atom stereocenters. The van der Waals surface area contributed by atoms with Gasteiger partial charge < -0.3 is 9.88 Å². The molecule has 3 nitrogen and oxygen atoms in total. The van der Waals surface area contributed by atoms with Gasteiger partial charge in [0.15, 0.2) is 0 Å². The van der Waals surface area contributed by atoms with Gasteiger partial charge in [-0.25, -0.2) is 4.98 Å². The number of imidazole rings is 1. The maximum absolute atomic E-state index is 4.39. The molecular formula is C12H14BrN3. The van der Waals surface area contributed by atoms with Crippen molar-refractivity contribution in [2.24, 2.45) is 0 Å². The highest BCUT2D eigenvalue weighted by atomic mass is 79.9. The minimum absolute atomic E-state index is 0.929. The Labute approximate surface area is 104 Å². The summed E-state index contributed by atoms with van der Waals surface area (Å²) in [6, 6.07) is 8.20. The van der Waals surface area contributed by atoms with E-state index in [9.17, 15) is 0 Å². The number of likely N-dealkylation sites (N-methyl/N-ethyl adjacent to an activating group) is 1. The Morgan fingerprint density at radius 1 is 1.44 bits per heavy atom. The average molecular weight is 280 g/mol. The molecule has 0 saturated heterocycles. The van der Waals surface area contributed by atoms with Crippen LogP contribution in [0.5, 0.6) is 0 Å². The minimum atomic E-state index is 0.929. The van der Waals surface area contributed by atoms with Gasteiger partial charge in [0.1, 0.15) is 5.82 Å². The number of aromatic nitrogens is 2. The summed E-state index contributed by atoms with van der Waals surface area (Å²) in [6.07, 6.45) is 3.85. The van der Waals surface area contributed by atoms with Gasteiger partial charge in [-0.2, -0.15) is 0 Å². The van der Waals surface area contributed by atoms with Crippen LogP contribution in [-0.4, -0.2) is 23.1 Å². The summed E-state index contributed by atoms with van der Waals surface area (Å²) < 4.78 is 3.23. The molecule has 0 aliphatic heterocycles. The van der Waals surface area contributed by atoms with E-state index in [1.807, 2.05) is 31.6 Å². The lowest BCUT2D eigenvalue weighted by atomic mass is 10.2. The van der Waals surface area contributed by atoms with E-state index in [0.717, 1.165) is 29.0 Å². The summed E-state index contributed by atoms with van der Waals surface area (Å²) in [4.78, 5) is 4.39. The van der Waals surface area contributed by atoms with Gasteiger partial charge in [0.2, 0.25) is 0 Å². The Bertz CT molecular complexity index is 465. The first kappa shape index (κ1) is 11.4. The number of benzene rings is 1. The standard InChI is InChI=1S/C12H14BrN3/c1-14-5-7-16-8-6-15-12(16)10-3-2-4-11(13)9-10/h2-4,6,8-9,14H,5,7H2,1H3. The van der Waals surface area contributed by atoms with E-state index in [-0.39, 0.29) is 0 Å². The summed E-state index contributed by atoms with van der Waals surface area (Å²) in [5, 5.41) is 3.14. The molecule has 2 aromatic rings. The fourth-order valence-electron chi connectivity index (χ4n) is 1.61. The van der Waals surface area contributed by atoms with E-state index >= 15 is 0 Å². The first-order valence-corrected chi connectivity index (χ1v) is 6.02. The van der Waals surface area contributed by atoms with Gasteiger partial charge in [0.25, 0.3) is 0 Å². The van der Waals surface area contributed by atoms with Crippen LogP contribution in [0.2, 0.25) is 0 Å². The van der Waals surface area contributed by atoms with Crippen molar-refractivity contribution >= 4 is 15.9 Å². The summed E-state index contributed by atoms with van der Waals surface area (Å²) in [5.41, 5.74) is 1.13. The van der Waals surface area contributed by atoms with Gasteiger partial charge in [-0.1, -0.05) is 28.1 Å². The molecule has 0 aliphatic carbocycles. The van der Waals surface area contributed by atoms with E-state index in [2.05, 4.69) is 42.9 Å². The van der Waals surface area contributed by atoms with Crippen molar-refractivity contribution in [1.29, 1.82) is 0 Å². The van der Waals surface area contributed by atoms with Crippen molar-refractivity contribution in [2.45, 2.75) is 6.54 Å². The first-order chi connectivity index (χ1) is 7.81. The Morgan fingerprint density at radius 3 is 3.06 bits per heavy atom. The molecule has 0 fully saturated rings. The lowest BCUT2D eigenvalue weighted by Gasteiger charge is -2.07. The fraction of sp³-hybridized carbons (Fsp3) is 0.250. The second-order valence-corrected chi connectivity index (χ2v) is 4.47. The molecule has 0 bridgehead atoms. The Kier molecular flexibility index (Phi) is 3.74. The predicted octanol–water partition coefficient (Wildman–Crippen LogP) is 2.53. The smallest absolute Gasteiger partial charge is 0.139 e. The van der Waals surface area contributed by atoms with Crippen LogP contribution in [-0.2, 0) is 6.54 Å². The second-order valence-electron chi connectivity index (χ2n) is 3.56. The van der Waals surface area contributed by atoms with Crippen LogP contribution in [0.4, 0.5) is 0 Å². The molecule has 0 saturated carbocycles. The maximum Gasteiger partial charge on any atom is 0.139 e. The zero-order chi connectivity index (χ0) is 11.4. The Hall–Kier alpha value is -1.13. The van der Waals surface area contributed by atoms with Crippen LogP contribution in [0.25, 0.3) is 11.4 Å². The molecule has 0 amide bonds. The van der Waals surface area contributed by atoms with Gasteiger partial charge in [-0.05, 0) is 19.2 Å². The summed E-state index contributed by atoms with van der Waals surface area (Å²) in [6.45, 7) is 1.87. The quantitative estimate of drug-likeness (QED) is 0.932. The summed E-state index contributed by atoms with van der Waals surface area (Å²) in [5.74, 6) is 1.01. The Morgan fingerprint density at radius 2 is 2.31 bits per heavy atom. The molecule has 4 heteroatoms. The van der Waals surface area contributed by atoms with Crippen molar-refractivity contribution in [3.05, 3.63) is 41.1 Å². The van der Waals surface area contributed by atoms with Gasteiger partial charge in [-0.15, -0.1) is 0 Å². The SMILES string of the molecule is CNCCn1ccnc1-c1cccc(Br)c1. The van der Waals surface area contributed by atoms with Crippen molar-refractivity contribution in [3.63, 3.8) is 0 Å². The largest absolute Gasteiger partial charge is 0.330 e. The van der Waals surface area contributed by atoms with E-state index in [1.54, 1.807) is 0 Å². The normalized spacial score (nSPS) is 10.6. The summed E-state index contributed by atoms with van der Waals surface area (Å²) in [7, 11) is 1.95. The fourth-order valence-corrected chi connectivity index (χ4v) is 2.01. The predicted molar refractivity (Wildman–Crippen MR) is 69.3 cm³/mol. The average Bonchev–Trinajstić information content (AvgIpc) is 2.74. The lowest BCUT2D eigenvalue weighted by molar-refractivity contribution is 0.649. The summed E-state index contributed by atoms with van der Waals surface area (Å²) >= 11 is 3.48. The van der Waals surface area contributed by atoms with Crippen LogP contribution >= 0.6 is 15.9 Å². The molecule has 0 spiro atoms. The number of nitrogens with zero attached hydrogens (tertiary/aromatic N) is 2. The highest BCUT2D eigenvalue weighted by molar-refractivity contribution is 9.10. The number of halogens is 1. The topological polar surface area (TPSA) is 29.9 Å². The second kappa shape index (κ2) is 5.27. The zero-order valence-corrected chi connectivity index (χ0v) is 10.7. The molecule has 84 valence electrons. The van der Waals surface area contributed by atoms with Crippen LogP contribution in [0.3, 0.4) is 0 Å². The molecule has 1 N–H and O–H groups in total. The molecule has 1 aromatic carbocycles. The van der Waals surface area contributed by atoms with Crippen molar-refractivity contribution in [2.75, 3.05) is 13.6 Å². The van der Waals surface area contributed by atoms with Crippen molar-refractivity contribution < 1.29 is 0 Å². The zero-order valence-electron chi connectivity index (χ0n) is 9.15. The van der Waals surface area contributed by atoms with Crippen LogP contribution < -0.4 is 5.32 Å². The van der Waals surface area contributed by atoms with Crippen LogP contribution in [0, 0.1) is 0 Å². The van der Waals surface area contributed by atoms with Crippen molar-refractivity contribution in [3.8, 4) is 11.4 Å². The van der Waals surface area contributed by atoms with Gasteiger partial charge in [0.05, 0.1) is 0 Å². The molecule has 2 rings (SSSR count). The van der Waals surface area contributed by atoms with E-state index in [0.29, 0.717) is 0 Å². The Balaban J connectivity index is 2.29.